The van der Waals surface area contributed by atoms with Crippen LogP contribution in [0.1, 0.15) is 67.2 Å². The molecule has 2 nitrogen and oxygen atoms in total. The third kappa shape index (κ3) is 2.75. The molecule has 0 aliphatic heterocycles. The fourth-order valence-electron chi connectivity index (χ4n) is 5.52. The van der Waals surface area contributed by atoms with Gasteiger partial charge in [-0.2, -0.15) is 0 Å². The Bertz CT molecular complexity index is 544. The van der Waals surface area contributed by atoms with Gasteiger partial charge in [-0.1, -0.05) is 57.7 Å². The minimum atomic E-state index is -1.000. The summed E-state index contributed by atoms with van der Waals surface area (Å²) in [5.41, 5.74) is 13.7. The summed E-state index contributed by atoms with van der Waals surface area (Å²) >= 11 is 0. The molecule has 0 saturated heterocycles. The lowest BCUT2D eigenvalue weighted by Crippen LogP contribution is -2.47. The zero-order valence-corrected chi connectivity index (χ0v) is 17.0. The average Bonchev–Trinajstić information content (AvgIpc) is 2.73. The van der Waals surface area contributed by atoms with Crippen LogP contribution in [-0.2, 0) is 4.79 Å². The largest absolute Gasteiger partial charge is 0.272 e. The van der Waals surface area contributed by atoms with Gasteiger partial charge in [-0.15, -0.1) is 0 Å². The first kappa shape index (κ1) is 18.5. The van der Waals surface area contributed by atoms with E-state index in [4.69, 9.17) is 5.73 Å². The van der Waals surface area contributed by atoms with Crippen molar-refractivity contribution in [3.8, 4) is 0 Å². The maximum absolute atomic E-state index is 12.8. The number of carbonyl (C=O) groups excluding carboxylic acids is 1. The van der Waals surface area contributed by atoms with Crippen LogP contribution in [0.3, 0.4) is 0 Å². The van der Waals surface area contributed by atoms with E-state index < -0.39 is 14.2 Å². The van der Waals surface area contributed by atoms with Gasteiger partial charge in [0.1, 0.15) is 0 Å². The standard InChI is InChI=1S/C20H34NOSi/c1-7-23(8-2)17-11-9-10-12-20(17,19(21)22)18-15(5)13(3)14(4)16(18)6/h15,17,21,23H,7-12H2,1-6H3. The molecule has 3 atom stereocenters. The predicted molar refractivity (Wildman–Crippen MR) is 101 cm³/mol. The van der Waals surface area contributed by atoms with Gasteiger partial charge < -0.3 is 0 Å². The highest BCUT2D eigenvalue weighted by molar-refractivity contribution is 6.61. The summed E-state index contributed by atoms with van der Waals surface area (Å²) in [6.07, 6.45) is 4.44. The van der Waals surface area contributed by atoms with Crippen LogP contribution in [0.25, 0.3) is 0 Å². The van der Waals surface area contributed by atoms with E-state index >= 15 is 0 Å². The molecule has 1 N–H and O–H groups in total. The van der Waals surface area contributed by atoms with Crippen LogP contribution in [0.4, 0.5) is 0 Å². The molecular weight excluding hydrogens is 298 g/mol. The van der Waals surface area contributed by atoms with E-state index in [0.717, 1.165) is 12.8 Å². The van der Waals surface area contributed by atoms with Gasteiger partial charge in [0.25, 0.3) is 0 Å². The molecule has 23 heavy (non-hydrogen) atoms. The average molecular weight is 333 g/mol. The molecule has 1 fully saturated rings. The van der Waals surface area contributed by atoms with Crippen molar-refractivity contribution in [1.29, 1.82) is 0 Å². The summed E-state index contributed by atoms with van der Waals surface area (Å²) in [6, 6.07) is 2.50. The molecule has 2 rings (SSSR count). The van der Waals surface area contributed by atoms with E-state index in [2.05, 4.69) is 41.5 Å². The Morgan fingerprint density at radius 2 is 1.78 bits per heavy atom. The van der Waals surface area contributed by atoms with Gasteiger partial charge in [-0.3, -0.25) is 10.5 Å². The van der Waals surface area contributed by atoms with Gasteiger partial charge in [0.05, 0.1) is 5.41 Å². The molecule has 1 radical (unpaired) electrons. The molecule has 2 aliphatic carbocycles. The highest BCUT2D eigenvalue weighted by Gasteiger charge is 2.53. The molecule has 0 aromatic rings. The Labute approximate surface area is 144 Å². The molecule has 0 aromatic heterocycles. The maximum Gasteiger partial charge on any atom is 0.248 e. The third-order valence-corrected chi connectivity index (χ3v) is 11.3. The molecule has 0 bridgehead atoms. The summed E-state index contributed by atoms with van der Waals surface area (Å²) in [6.45, 7) is 13.5. The van der Waals surface area contributed by atoms with Crippen molar-refractivity contribution >= 4 is 14.7 Å². The summed E-state index contributed by atoms with van der Waals surface area (Å²) in [7, 11) is -1.000. The Kier molecular flexibility index (Phi) is 5.60. The molecular formula is C20H34NOSi. The first-order valence-corrected chi connectivity index (χ1v) is 11.8. The van der Waals surface area contributed by atoms with Crippen molar-refractivity contribution in [1.82, 2.24) is 5.73 Å². The van der Waals surface area contributed by atoms with E-state index in [-0.39, 0.29) is 5.91 Å². The smallest absolute Gasteiger partial charge is 0.248 e. The fraction of sp³-hybridized carbons (Fsp3) is 0.750. The highest BCUT2D eigenvalue weighted by Crippen LogP contribution is 2.58. The summed E-state index contributed by atoms with van der Waals surface area (Å²) in [5, 5.41) is 0. The number of hydrogen-bond acceptors (Lipinski definition) is 1. The number of nitrogens with one attached hydrogen (secondary N) is 1. The highest BCUT2D eigenvalue weighted by atomic mass is 28.3. The first-order valence-electron chi connectivity index (χ1n) is 9.47. The minimum Gasteiger partial charge on any atom is -0.272 e. The van der Waals surface area contributed by atoms with Gasteiger partial charge >= 0.3 is 0 Å². The monoisotopic (exact) mass is 332 g/mol. The number of hydrogen-bond donors (Lipinski definition) is 0. The fourth-order valence-corrected chi connectivity index (χ4v) is 9.24. The Balaban J connectivity index is 2.61. The Hall–Kier alpha value is -0.833. The van der Waals surface area contributed by atoms with E-state index in [0.29, 0.717) is 11.5 Å². The van der Waals surface area contributed by atoms with Gasteiger partial charge in [0.15, 0.2) is 0 Å². The minimum absolute atomic E-state index is 0.287. The third-order valence-electron chi connectivity index (χ3n) is 7.11. The van der Waals surface area contributed by atoms with Crippen LogP contribution < -0.4 is 5.73 Å². The SMILES string of the molecule is CC[SiH](CC)C1CCCCC1(C([NH])=O)C1=C(C)C(C)=C(C)C1C. The molecule has 2 aliphatic rings. The van der Waals surface area contributed by atoms with E-state index in [1.54, 1.807) is 0 Å². The van der Waals surface area contributed by atoms with Crippen molar-refractivity contribution in [2.45, 2.75) is 84.9 Å². The summed E-state index contributed by atoms with van der Waals surface area (Å²) in [5.74, 6) is 0.0542. The predicted octanol–water partition coefficient (Wildman–Crippen LogP) is 5.30. The zero-order valence-electron chi connectivity index (χ0n) is 15.9. The van der Waals surface area contributed by atoms with Crippen molar-refractivity contribution in [3.05, 3.63) is 22.3 Å². The zero-order chi connectivity index (χ0) is 17.4. The molecule has 1 amide bonds. The molecule has 3 unspecified atom stereocenters. The second kappa shape index (κ2) is 6.96. The number of carbonyl (C=O) groups is 1. The molecule has 129 valence electrons. The van der Waals surface area contributed by atoms with Crippen LogP contribution in [0.15, 0.2) is 22.3 Å². The summed E-state index contributed by atoms with van der Waals surface area (Å²) < 4.78 is 0. The molecule has 0 aromatic carbocycles. The van der Waals surface area contributed by atoms with Crippen LogP contribution in [0.5, 0.6) is 0 Å². The van der Waals surface area contributed by atoms with Gasteiger partial charge in [0, 0.05) is 8.80 Å². The molecule has 3 heteroatoms. The van der Waals surface area contributed by atoms with Crippen LogP contribution in [0.2, 0.25) is 17.6 Å². The van der Waals surface area contributed by atoms with Crippen LogP contribution in [0, 0.1) is 11.3 Å². The van der Waals surface area contributed by atoms with Crippen molar-refractivity contribution in [2.75, 3.05) is 0 Å². The topological polar surface area (TPSA) is 40.9 Å². The first-order chi connectivity index (χ1) is 10.8. The lowest BCUT2D eigenvalue weighted by molar-refractivity contribution is -0.128. The Morgan fingerprint density at radius 1 is 1.17 bits per heavy atom. The van der Waals surface area contributed by atoms with Gasteiger partial charge in [-0.05, 0) is 55.4 Å². The quantitative estimate of drug-likeness (QED) is 0.630. The van der Waals surface area contributed by atoms with E-state index in [1.807, 2.05) is 0 Å². The summed E-state index contributed by atoms with van der Waals surface area (Å²) in [4.78, 5) is 12.8. The lowest BCUT2D eigenvalue weighted by atomic mass is 9.64. The van der Waals surface area contributed by atoms with Gasteiger partial charge in [0.2, 0.25) is 5.91 Å². The van der Waals surface area contributed by atoms with Gasteiger partial charge in [-0.25, -0.2) is 0 Å². The van der Waals surface area contributed by atoms with Crippen molar-refractivity contribution < 1.29 is 4.79 Å². The number of amides is 1. The van der Waals surface area contributed by atoms with E-state index in [9.17, 15) is 4.79 Å². The lowest BCUT2D eigenvalue weighted by Gasteiger charge is -2.47. The van der Waals surface area contributed by atoms with Crippen molar-refractivity contribution in [3.63, 3.8) is 0 Å². The second-order valence-corrected chi connectivity index (χ2v) is 11.8. The van der Waals surface area contributed by atoms with Crippen LogP contribution in [-0.4, -0.2) is 14.7 Å². The normalized spacial score (nSPS) is 32.1. The molecule has 1 saturated carbocycles. The molecule has 0 spiro atoms. The Morgan fingerprint density at radius 3 is 2.22 bits per heavy atom. The second-order valence-electron chi connectivity index (χ2n) is 7.80. The van der Waals surface area contributed by atoms with E-state index in [1.165, 1.54) is 47.2 Å². The number of rotatable bonds is 5. The van der Waals surface area contributed by atoms with Crippen LogP contribution >= 0.6 is 0 Å². The molecule has 0 heterocycles. The van der Waals surface area contributed by atoms with Crippen molar-refractivity contribution in [2.24, 2.45) is 11.3 Å². The number of allylic oxidation sites excluding steroid dienone is 3. The maximum atomic E-state index is 12.8.